The maximum atomic E-state index is 11.9. The predicted octanol–water partition coefficient (Wildman–Crippen LogP) is 1.94. The molecule has 5 nitrogen and oxygen atoms in total. The van der Waals surface area contributed by atoms with Gasteiger partial charge in [-0.2, -0.15) is 0 Å². The van der Waals surface area contributed by atoms with Crippen LogP contribution in [0, 0.1) is 5.92 Å². The zero-order valence-corrected chi connectivity index (χ0v) is 11.2. The number of amides is 1. The van der Waals surface area contributed by atoms with Gasteiger partial charge in [0.25, 0.3) is 5.91 Å². The van der Waals surface area contributed by atoms with Crippen molar-refractivity contribution >= 4 is 29.1 Å². The van der Waals surface area contributed by atoms with Crippen LogP contribution in [0.2, 0.25) is 10.3 Å². The summed E-state index contributed by atoms with van der Waals surface area (Å²) in [5.74, 6) is 0.0640. The lowest BCUT2D eigenvalue weighted by Crippen LogP contribution is -2.33. The third-order valence-electron chi connectivity index (χ3n) is 2.77. The van der Waals surface area contributed by atoms with Crippen molar-refractivity contribution in [2.75, 3.05) is 19.8 Å². The number of rotatable bonds is 3. The van der Waals surface area contributed by atoms with Crippen molar-refractivity contribution in [2.45, 2.75) is 12.8 Å². The van der Waals surface area contributed by atoms with Crippen LogP contribution in [0.25, 0.3) is 0 Å². The minimum atomic E-state index is -0.289. The highest BCUT2D eigenvalue weighted by molar-refractivity contribution is 6.34. The van der Waals surface area contributed by atoms with E-state index in [0.29, 0.717) is 19.1 Å². The lowest BCUT2D eigenvalue weighted by Gasteiger charge is -2.22. The third kappa shape index (κ3) is 3.54. The number of nitrogens with one attached hydrogen (secondary N) is 1. The van der Waals surface area contributed by atoms with E-state index in [9.17, 15) is 4.79 Å². The minimum Gasteiger partial charge on any atom is -0.381 e. The molecule has 0 saturated carbocycles. The molecule has 0 spiro atoms. The molecule has 1 aromatic rings. The molecule has 1 atom stereocenters. The van der Waals surface area contributed by atoms with Gasteiger partial charge in [-0.15, -0.1) is 10.2 Å². The van der Waals surface area contributed by atoms with Crippen LogP contribution in [0.4, 0.5) is 0 Å². The quantitative estimate of drug-likeness (QED) is 0.924. The molecule has 1 amide bonds. The van der Waals surface area contributed by atoms with Gasteiger partial charge in [0.1, 0.15) is 0 Å². The zero-order chi connectivity index (χ0) is 13.0. The van der Waals surface area contributed by atoms with Crippen LogP contribution in [0.5, 0.6) is 0 Å². The largest absolute Gasteiger partial charge is 0.381 e. The SMILES string of the molecule is O=C(NCC1CCCOC1)c1cc(Cl)nnc1Cl. The summed E-state index contributed by atoms with van der Waals surface area (Å²) >= 11 is 11.5. The van der Waals surface area contributed by atoms with Gasteiger partial charge in [-0.25, -0.2) is 0 Å². The normalized spacial score (nSPS) is 19.6. The molecule has 0 radical (unpaired) electrons. The average molecular weight is 290 g/mol. The summed E-state index contributed by atoms with van der Waals surface area (Å²) in [5.41, 5.74) is 0.244. The van der Waals surface area contributed by atoms with E-state index in [-0.39, 0.29) is 21.8 Å². The van der Waals surface area contributed by atoms with E-state index in [0.717, 1.165) is 19.4 Å². The van der Waals surface area contributed by atoms with Crippen molar-refractivity contribution in [1.29, 1.82) is 0 Å². The molecule has 1 saturated heterocycles. The second-order valence-corrected chi connectivity index (χ2v) is 4.91. The van der Waals surface area contributed by atoms with Crippen LogP contribution >= 0.6 is 23.2 Å². The fourth-order valence-electron chi connectivity index (χ4n) is 1.81. The molecule has 1 fully saturated rings. The molecule has 1 aliphatic heterocycles. The van der Waals surface area contributed by atoms with Gasteiger partial charge in [0.2, 0.25) is 0 Å². The summed E-state index contributed by atoms with van der Waals surface area (Å²) in [5, 5.41) is 10.2. The Balaban J connectivity index is 1.92. The van der Waals surface area contributed by atoms with E-state index in [1.165, 1.54) is 6.07 Å². The van der Waals surface area contributed by atoms with Crippen molar-refractivity contribution in [3.63, 3.8) is 0 Å². The Hall–Kier alpha value is -0.910. The molecule has 1 aliphatic rings. The number of carbonyl (C=O) groups is 1. The summed E-state index contributed by atoms with van der Waals surface area (Å²) in [6.07, 6.45) is 2.09. The van der Waals surface area contributed by atoms with E-state index >= 15 is 0 Å². The lowest BCUT2D eigenvalue weighted by molar-refractivity contribution is 0.0536. The van der Waals surface area contributed by atoms with Crippen LogP contribution < -0.4 is 5.32 Å². The Morgan fingerprint density at radius 3 is 3.06 bits per heavy atom. The second-order valence-electron chi connectivity index (χ2n) is 4.16. The average Bonchev–Trinajstić information content (AvgIpc) is 2.40. The van der Waals surface area contributed by atoms with Crippen LogP contribution in [0.1, 0.15) is 23.2 Å². The van der Waals surface area contributed by atoms with Crippen molar-refractivity contribution < 1.29 is 9.53 Å². The van der Waals surface area contributed by atoms with Gasteiger partial charge in [0.05, 0.1) is 12.2 Å². The molecular weight excluding hydrogens is 277 g/mol. The molecular formula is C11H13Cl2N3O2. The lowest BCUT2D eigenvalue weighted by atomic mass is 10.0. The van der Waals surface area contributed by atoms with Crippen molar-refractivity contribution in [3.8, 4) is 0 Å². The number of nitrogens with zero attached hydrogens (tertiary/aromatic N) is 2. The topological polar surface area (TPSA) is 64.1 Å². The molecule has 7 heteroatoms. The fraction of sp³-hybridized carbons (Fsp3) is 0.545. The van der Waals surface area contributed by atoms with E-state index in [4.69, 9.17) is 27.9 Å². The first-order chi connectivity index (χ1) is 8.66. The van der Waals surface area contributed by atoms with E-state index in [1.54, 1.807) is 0 Å². The highest BCUT2D eigenvalue weighted by Gasteiger charge is 2.17. The van der Waals surface area contributed by atoms with Crippen molar-refractivity contribution in [3.05, 3.63) is 21.9 Å². The minimum absolute atomic E-state index is 0.0526. The van der Waals surface area contributed by atoms with E-state index in [1.807, 2.05) is 0 Å². The predicted molar refractivity (Wildman–Crippen MR) is 67.9 cm³/mol. The van der Waals surface area contributed by atoms with Gasteiger partial charge in [0.15, 0.2) is 10.3 Å². The van der Waals surface area contributed by atoms with Gasteiger partial charge in [-0.3, -0.25) is 4.79 Å². The third-order valence-corrected chi connectivity index (χ3v) is 3.23. The number of ether oxygens (including phenoxy) is 1. The molecule has 2 heterocycles. The molecule has 2 rings (SSSR count). The summed E-state index contributed by atoms with van der Waals surface area (Å²) in [7, 11) is 0. The summed E-state index contributed by atoms with van der Waals surface area (Å²) in [4.78, 5) is 11.9. The van der Waals surface area contributed by atoms with E-state index < -0.39 is 0 Å². The Kier molecular flexibility index (Phi) is 4.74. The zero-order valence-electron chi connectivity index (χ0n) is 9.66. The van der Waals surface area contributed by atoms with Crippen molar-refractivity contribution in [2.24, 2.45) is 5.92 Å². The van der Waals surface area contributed by atoms with Crippen molar-refractivity contribution in [1.82, 2.24) is 15.5 Å². The Bertz CT molecular complexity index is 436. The van der Waals surface area contributed by atoms with Gasteiger partial charge >= 0.3 is 0 Å². The summed E-state index contributed by atoms with van der Waals surface area (Å²) in [6.45, 7) is 2.05. The molecule has 1 unspecified atom stereocenters. The molecule has 98 valence electrons. The molecule has 0 aliphatic carbocycles. The molecule has 0 bridgehead atoms. The summed E-state index contributed by atoms with van der Waals surface area (Å²) in [6, 6.07) is 1.41. The summed E-state index contributed by atoms with van der Waals surface area (Å²) < 4.78 is 5.34. The van der Waals surface area contributed by atoms with Crippen LogP contribution in [-0.4, -0.2) is 35.9 Å². The molecule has 1 N–H and O–H groups in total. The molecule has 0 aromatic carbocycles. The maximum Gasteiger partial charge on any atom is 0.254 e. The van der Waals surface area contributed by atoms with E-state index in [2.05, 4.69) is 15.5 Å². The smallest absolute Gasteiger partial charge is 0.254 e. The van der Waals surface area contributed by atoms with Crippen LogP contribution in [0.15, 0.2) is 6.07 Å². The number of halogens is 2. The van der Waals surface area contributed by atoms with Gasteiger partial charge < -0.3 is 10.1 Å². The second kappa shape index (κ2) is 6.31. The van der Waals surface area contributed by atoms with Crippen LogP contribution in [0.3, 0.4) is 0 Å². The maximum absolute atomic E-state index is 11.9. The molecule has 18 heavy (non-hydrogen) atoms. The Morgan fingerprint density at radius 2 is 2.33 bits per heavy atom. The fourth-order valence-corrected chi connectivity index (χ4v) is 2.14. The first-order valence-electron chi connectivity index (χ1n) is 5.71. The van der Waals surface area contributed by atoms with Gasteiger partial charge in [0, 0.05) is 13.2 Å². The Labute approximate surface area is 115 Å². The van der Waals surface area contributed by atoms with Gasteiger partial charge in [-0.05, 0) is 24.8 Å². The van der Waals surface area contributed by atoms with Gasteiger partial charge in [-0.1, -0.05) is 23.2 Å². The van der Waals surface area contributed by atoms with Crippen LogP contribution in [-0.2, 0) is 4.74 Å². The first-order valence-corrected chi connectivity index (χ1v) is 6.47. The number of carbonyl (C=O) groups excluding carboxylic acids is 1. The highest BCUT2D eigenvalue weighted by atomic mass is 35.5. The number of hydrogen-bond acceptors (Lipinski definition) is 4. The number of aromatic nitrogens is 2. The molecule has 1 aromatic heterocycles. The monoisotopic (exact) mass is 289 g/mol. The standard InChI is InChI=1S/C11H13Cl2N3O2/c12-9-4-8(10(13)16-15-9)11(17)14-5-7-2-1-3-18-6-7/h4,7H,1-3,5-6H2,(H,14,17). The highest BCUT2D eigenvalue weighted by Crippen LogP contribution is 2.16. The number of hydrogen-bond donors (Lipinski definition) is 1. The Morgan fingerprint density at radius 1 is 1.50 bits per heavy atom. The first kappa shape index (κ1) is 13.5.